The third-order valence-electron chi connectivity index (χ3n) is 5.14. The number of ether oxygens (including phenoxy) is 2. The molecule has 0 aliphatic carbocycles. The normalized spacial score (nSPS) is 13.3. The van der Waals surface area contributed by atoms with Crippen LogP contribution in [0.5, 0.6) is 11.5 Å². The molecular formula is C23H28N2O4. The van der Waals surface area contributed by atoms with Gasteiger partial charge in [-0.15, -0.1) is 0 Å². The van der Waals surface area contributed by atoms with Crippen LogP contribution in [0.15, 0.2) is 36.4 Å². The van der Waals surface area contributed by atoms with Gasteiger partial charge in [-0.2, -0.15) is 0 Å². The molecule has 6 nitrogen and oxygen atoms in total. The average Bonchev–Trinajstić information content (AvgIpc) is 3.26. The zero-order chi connectivity index (χ0) is 20.8. The van der Waals surface area contributed by atoms with Crippen molar-refractivity contribution in [2.45, 2.75) is 32.6 Å². The van der Waals surface area contributed by atoms with Crippen LogP contribution in [0, 0.1) is 6.92 Å². The summed E-state index contributed by atoms with van der Waals surface area (Å²) in [6.07, 6.45) is 2.96. The monoisotopic (exact) mass is 396 g/mol. The Morgan fingerprint density at radius 1 is 1.03 bits per heavy atom. The Kier molecular flexibility index (Phi) is 6.75. The number of likely N-dealkylation sites (tertiary alicyclic amines) is 1. The Morgan fingerprint density at radius 3 is 2.38 bits per heavy atom. The number of benzene rings is 2. The van der Waals surface area contributed by atoms with Gasteiger partial charge in [0.25, 0.3) is 5.91 Å². The Labute approximate surface area is 171 Å². The van der Waals surface area contributed by atoms with Crippen molar-refractivity contribution < 1.29 is 19.1 Å². The second kappa shape index (κ2) is 9.45. The summed E-state index contributed by atoms with van der Waals surface area (Å²) in [7, 11) is 3.06. The van der Waals surface area contributed by atoms with Crippen LogP contribution >= 0.6 is 0 Å². The van der Waals surface area contributed by atoms with Crippen molar-refractivity contribution in [1.29, 1.82) is 0 Å². The van der Waals surface area contributed by atoms with E-state index in [2.05, 4.69) is 11.4 Å². The van der Waals surface area contributed by atoms with Gasteiger partial charge in [-0.05, 0) is 37.8 Å². The molecule has 1 N–H and O–H groups in total. The first-order valence-corrected chi connectivity index (χ1v) is 9.92. The van der Waals surface area contributed by atoms with Gasteiger partial charge in [-0.25, -0.2) is 0 Å². The third kappa shape index (κ3) is 5.08. The number of hydrogen-bond acceptors (Lipinski definition) is 4. The number of nitrogens with one attached hydrogen (secondary N) is 1. The lowest BCUT2D eigenvalue weighted by atomic mass is 10.1. The molecule has 2 aromatic carbocycles. The molecule has 29 heavy (non-hydrogen) atoms. The van der Waals surface area contributed by atoms with Crippen LogP contribution < -0.4 is 14.8 Å². The van der Waals surface area contributed by atoms with Crippen molar-refractivity contribution in [1.82, 2.24) is 4.90 Å². The van der Waals surface area contributed by atoms with Gasteiger partial charge in [0.15, 0.2) is 11.5 Å². The molecule has 2 amide bonds. The first-order valence-electron chi connectivity index (χ1n) is 9.92. The van der Waals surface area contributed by atoms with E-state index in [4.69, 9.17) is 9.47 Å². The maximum absolute atomic E-state index is 13.0. The number of anilines is 1. The van der Waals surface area contributed by atoms with E-state index in [0.717, 1.165) is 31.5 Å². The van der Waals surface area contributed by atoms with Crippen molar-refractivity contribution in [2.75, 3.05) is 32.6 Å². The highest BCUT2D eigenvalue weighted by Gasteiger charge is 2.25. The maximum Gasteiger partial charge on any atom is 0.256 e. The Bertz CT molecular complexity index is 888. The predicted molar refractivity (Wildman–Crippen MR) is 113 cm³/mol. The minimum atomic E-state index is -0.144. The highest BCUT2D eigenvalue weighted by atomic mass is 16.5. The van der Waals surface area contributed by atoms with Gasteiger partial charge in [0.05, 0.1) is 25.5 Å². The smallest absolute Gasteiger partial charge is 0.256 e. The van der Waals surface area contributed by atoms with Gasteiger partial charge in [-0.1, -0.05) is 29.8 Å². The standard InChI is InChI=1S/C23H28N2O4/c1-16-7-6-8-17(13-16)9-10-22(26)24-19-15-21(29-3)20(28-2)14-18(19)23(27)25-11-4-5-12-25/h6-8,13-15H,4-5,9-12H2,1-3H3,(H,24,26). The quantitative estimate of drug-likeness (QED) is 0.773. The third-order valence-corrected chi connectivity index (χ3v) is 5.14. The van der Waals surface area contributed by atoms with Crippen LogP contribution in [-0.4, -0.2) is 44.0 Å². The highest BCUT2D eigenvalue weighted by Crippen LogP contribution is 2.34. The van der Waals surface area contributed by atoms with Gasteiger partial charge >= 0.3 is 0 Å². The molecule has 0 atom stereocenters. The minimum Gasteiger partial charge on any atom is -0.493 e. The van der Waals surface area contributed by atoms with Crippen LogP contribution in [0.1, 0.15) is 40.7 Å². The van der Waals surface area contributed by atoms with E-state index in [1.165, 1.54) is 19.8 Å². The van der Waals surface area contributed by atoms with E-state index in [-0.39, 0.29) is 11.8 Å². The first kappa shape index (κ1) is 20.7. The van der Waals surface area contributed by atoms with E-state index in [1.54, 1.807) is 12.1 Å². The Balaban J connectivity index is 1.80. The van der Waals surface area contributed by atoms with Gasteiger partial charge in [0, 0.05) is 25.6 Å². The molecule has 0 aromatic heterocycles. The van der Waals surface area contributed by atoms with Crippen molar-refractivity contribution in [3.63, 3.8) is 0 Å². The predicted octanol–water partition coefficient (Wildman–Crippen LogP) is 3.82. The van der Waals surface area contributed by atoms with Gasteiger partial charge in [0.1, 0.15) is 0 Å². The molecule has 1 heterocycles. The van der Waals surface area contributed by atoms with Crippen LogP contribution in [0.3, 0.4) is 0 Å². The number of nitrogens with zero attached hydrogens (tertiary/aromatic N) is 1. The summed E-state index contributed by atoms with van der Waals surface area (Å²) in [6, 6.07) is 11.4. The zero-order valence-electron chi connectivity index (χ0n) is 17.3. The molecule has 1 aliphatic heterocycles. The lowest BCUT2D eigenvalue weighted by molar-refractivity contribution is -0.116. The first-order chi connectivity index (χ1) is 14.0. The second-order valence-corrected chi connectivity index (χ2v) is 7.29. The Hall–Kier alpha value is -3.02. The summed E-state index contributed by atoms with van der Waals surface area (Å²) < 4.78 is 10.7. The molecule has 0 spiro atoms. The second-order valence-electron chi connectivity index (χ2n) is 7.29. The largest absolute Gasteiger partial charge is 0.493 e. The van der Waals surface area contributed by atoms with Crippen molar-refractivity contribution >= 4 is 17.5 Å². The molecule has 0 saturated carbocycles. The van der Waals surface area contributed by atoms with Crippen LogP contribution in [0.2, 0.25) is 0 Å². The summed E-state index contributed by atoms with van der Waals surface area (Å²) in [5.41, 5.74) is 3.16. The fourth-order valence-corrected chi connectivity index (χ4v) is 3.59. The summed E-state index contributed by atoms with van der Waals surface area (Å²) in [5, 5.41) is 2.90. The van der Waals surface area contributed by atoms with E-state index in [0.29, 0.717) is 35.6 Å². The zero-order valence-corrected chi connectivity index (χ0v) is 17.3. The number of amides is 2. The van der Waals surface area contributed by atoms with Crippen LogP contribution in [-0.2, 0) is 11.2 Å². The van der Waals surface area contributed by atoms with Crippen LogP contribution in [0.4, 0.5) is 5.69 Å². The average molecular weight is 396 g/mol. The lowest BCUT2D eigenvalue weighted by Crippen LogP contribution is -2.29. The number of carbonyl (C=O) groups is 2. The molecule has 1 aliphatic rings. The molecule has 0 unspecified atom stereocenters. The molecule has 3 rings (SSSR count). The van der Waals surface area contributed by atoms with Crippen molar-refractivity contribution in [2.24, 2.45) is 0 Å². The van der Waals surface area contributed by atoms with Gasteiger partial charge in [-0.3, -0.25) is 9.59 Å². The molecule has 6 heteroatoms. The Morgan fingerprint density at radius 2 is 1.72 bits per heavy atom. The van der Waals surface area contributed by atoms with E-state index in [9.17, 15) is 9.59 Å². The molecule has 2 aromatic rings. The molecular weight excluding hydrogens is 368 g/mol. The topological polar surface area (TPSA) is 67.9 Å². The van der Waals surface area contributed by atoms with E-state index >= 15 is 0 Å². The van der Waals surface area contributed by atoms with Gasteiger partial charge < -0.3 is 19.7 Å². The minimum absolute atomic E-state index is 0.0996. The van der Waals surface area contributed by atoms with Crippen LogP contribution in [0.25, 0.3) is 0 Å². The lowest BCUT2D eigenvalue weighted by Gasteiger charge is -2.20. The number of hydrogen-bond donors (Lipinski definition) is 1. The fraction of sp³-hybridized carbons (Fsp3) is 0.391. The SMILES string of the molecule is COc1cc(NC(=O)CCc2cccc(C)c2)c(C(=O)N2CCCC2)cc1OC. The molecule has 1 saturated heterocycles. The number of methoxy groups -OCH3 is 2. The number of aryl methyl sites for hydroxylation is 2. The summed E-state index contributed by atoms with van der Waals surface area (Å²) in [4.78, 5) is 27.4. The van der Waals surface area contributed by atoms with E-state index in [1.807, 2.05) is 30.0 Å². The summed E-state index contributed by atoms with van der Waals surface area (Å²) in [5.74, 6) is 0.693. The maximum atomic E-state index is 13.0. The van der Waals surface area contributed by atoms with Crippen molar-refractivity contribution in [3.8, 4) is 11.5 Å². The highest BCUT2D eigenvalue weighted by molar-refractivity contribution is 6.04. The van der Waals surface area contributed by atoms with E-state index < -0.39 is 0 Å². The molecule has 0 radical (unpaired) electrons. The molecule has 154 valence electrons. The van der Waals surface area contributed by atoms with Gasteiger partial charge in [0.2, 0.25) is 5.91 Å². The summed E-state index contributed by atoms with van der Waals surface area (Å²) >= 11 is 0. The molecule has 0 bridgehead atoms. The van der Waals surface area contributed by atoms with Crippen molar-refractivity contribution in [3.05, 3.63) is 53.1 Å². The summed E-state index contributed by atoms with van der Waals surface area (Å²) in [6.45, 7) is 3.49. The fourth-order valence-electron chi connectivity index (χ4n) is 3.59. The number of carbonyl (C=O) groups excluding carboxylic acids is 2. The molecule has 1 fully saturated rings. The number of rotatable bonds is 7.